The van der Waals surface area contributed by atoms with Gasteiger partial charge in [-0.2, -0.15) is 5.10 Å². The molecule has 0 unspecified atom stereocenters. The van der Waals surface area contributed by atoms with Gasteiger partial charge >= 0.3 is 5.96 Å². The zero-order chi connectivity index (χ0) is 13.4. The number of nitrogens with two attached hydrogens (primary N) is 4. The van der Waals surface area contributed by atoms with Gasteiger partial charge in [0, 0.05) is 10.7 Å². The average molecular weight is 248 g/mol. The summed E-state index contributed by atoms with van der Waals surface area (Å²) >= 11 is 0. The van der Waals surface area contributed by atoms with Crippen LogP contribution in [0.4, 0.5) is 0 Å². The van der Waals surface area contributed by atoms with Gasteiger partial charge in [-0.15, -0.1) is 10.2 Å². The Morgan fingerprint density at radius 1 is 1.00 bits per heavy atom. The van der Waals surface area contributed by atoms with E-state index >= 15 is 0 Å². The number of hydrogen-bond acceptors (Lipinski definition) is 2. The lowest BCUT2D eigenvalue weighted by Crippen LogP contribution is -2.74. The van der Waals surface area contributed by atoms with Crippen molar-refractivity contribution in [3.05, 3.63) is 35.9 Å². The van der Waals surface area contributed by atoms with Crippen molar-refractivity contribution >= 4 is 23.8 Å². The van der Waals surface area contributed by atoms with E-state index in [1.807, 2.05) is 30.3 Å². The van der Waals surface area contributed by atoms with Crippen LogP contribution < -0.4 is 33.1 Å². The molecular weight excluding hydrogens is 232 g/mol. The molecule has 8 heteroatoms. The maximum absolute atomic E-state index is 5.27. The fraction of sp³-hybridized carbons (Fsp3) is 0. The van der Waals surface area contributed by atoms with E-state index in [1.54, 1.807) is 0 Å². The quantitative estimate of drug-likeness (QED) is 0.179. The van der Waals surface area contributed by atoms with Crippen molar-refractivity contribution in [3.63, 3.8) is 0 Å². The maximum atomic E-state index is 5.27. The summed E-state index contributed by atoms with van der Waals surface area (Å²) in [5, 5.41) is 12.6. The van der Waals surface area contributed by atoms with Gasteiger partial charge in [0.25, 0.3) is 5.96 Å². The third kappa shape index (κ3) is 4.75. The van der Waals surface area contributed by atoms with Gasteiger partial charge in [0.15, 0.2) is 5.71 Å². The molecule has 0 spiro atoms. The van der Waals surface area contributed by atoms with Gasteiger partial charge in [0.05, 0.1) is 0 Å². The van der Waals surface area contributed by atoms with Gasteiger partial charge in [0.1, 0.15) is 0 Å². The molecule has 10 N–H and O–H groups in total. The predicted molar refractivity (Wildman–Crippen MR) is 70.2 cm³/mol. The first-order valence-electron chi connectivity index (χ1n) is 5.04. The fourth-order valence-electron chi connectivity index (χ4n) is 1.08. The van der Waals surface area contributed by atoms with Crippen LogP contribution >= 0.6 is 0 Å². The summed E-state index contributed by atoms with van der Waals surface area (Å²) in [6.07, 6.45) is 1.50. The van der Waals surface area contributed by atoms with Gasteiger partial charge in [-0.05, 0) is 0 Å². The van der Waals surface area contributed by atoms with Crippen molar-refractivity contribution in [2.45, 2.75) is 0 Å². The highest BCUT2D eigenvalue weighted by Gasteiger charge is 2.04. The van der Waals surface area contributed by atoms with Gasteiger partial charge < -0.3 is 11.5 Å². The summed E-state index contributed by atoms with van der Waals surface area (Å²) in [5.74, 6) is -0.102. The second-order valence-corrected chi connectivity index (χ2v) is 3.24. The van der Waals surface area contributed by atoms with Crippen molar-refractivity contribution < 1.29 is 10.2 Å². The average Bonchev–Trinajstić information content (AvgIpc) is 2.34. The Hall–Kier alpha value is -2.90. The van der Waals surface area contributed by atoms with E-state index in [-0.39, 0.29) is 11.9 Å². The summed E-state index contributed by atoms with van der Waals surface area (Å²) in [6, 6.07) is 9.35. The standard InChI is InChI=1S/C10H14N8/c11-9(12)17-15-6-8(16-18-10(13)14)7-4-2-1-3-5-7/h1-6H,(H4,11,12,17)(H4,13,14,18)/p+2/b15-6+,16-8+. The Morgan fingerprint density at radius 2 is 1.67 bits per heavy atom. The van der Waals surface area contributed by atoms with Gasteiger partial charge in [-0.3, -0.25) is 11.5 Å². The molecule has 0 heterocycles. The van der Waals surface area contributed by atoms with E-state index in [0.717, 1.165) is 5.56 Å². The van der Waals surface area contributed by atoms with Crippen molar-refractivity contribution in [1.82, 2.24) is 0 Å². The highest BCUT2D eigenvalue weighted by Crippen LogP contribution is 1.97. The zero-order valence-electron chi connectivity index (χ0n) is 9.67. The topological polar surface area (TPSA) is 157 Å². The highest BCUT2D eigenvalue weighted by atomic mass is 15.3. The fourth-order valence-corrected chi connectivity index (χ4v) is 1.08. The lowest BCUT2D eigenvalue weighted by atomic mass is 10.1. The maximum Gasteiger partial charge on any atom is 0.362 e. The minimum absolute atomic E-state index is 0.0151. The molecule has 0 amide bonds. The Labute approximate surface area is 104 Å². The zero-order valence-corrected chi connectivity index (χ0v) is 9.67. The van der Waals surface area contributed by atoms with Crippen molar-refractivity contribution in [2.75, 3.05) is 0 Å². The molecule has 0 aliphatic rings. The number of guanidine groups is 2. The summed E-state index contributed by atoms with van der Waals surface area (Å²) in [4.78, 5) is 0. The Bertz CT molecular complexity index is 492. The first-order chi connectivity index (χ1) is 8.59. The minimum Gasteiger partial charge on any atom is -0.365 e. The molecule has 8 nitrogen and oxygen atoms in total. The summed E-state index contributed by atoms with van der Waals surface area (Å²) in [6.45, 7) is 0. The molecule has 0 radical (unpaired) electrons. The SMILES string of the molecule is NC(N)=N/[NH+]=C/C(=N\[NH+]=C(N)N)c1ccccc1. The van der Waals surface area contributed by atoms with Crippen LogP contribution in [0.15, 0.2) is 40.5 Å². The normalized spacial score (nSPS) is 11.2. The van der Waals surface area contributed by atoms with Gasteiger partial charge in [0.2, 0.25) is 6.21 Å². The predicted octanol–water partition coefficient (Wildman–Crippen LogP) is -4.92. The number of rotatable bonds is 4. The number of nitrogens with zero attached hydrogens (tertiary/aromatic N) is 2. The first-order valence-corrected chi connectivity index (χ1v) is 5.04. The van der Waals surface area contributed by atoms with Gasteiger partial charge in [-0.25, -0.2) is 0 Å². The summed E-state index contributed by atoms with van der Waals surface area (Å²) in [7, 11) is 0. The van der Waals surface area contributed by atoms with E-state index in [9.17, 15) is 0 Å². The largest absolute Gasteiger partial charge is 0.365 e. The van der Waals surface area contributed by atoms with E-state index in [1.165, 1.54) is 6.21 Å². The second kappa shape index (κ2) is 6.63. The second-order valence-electron chi connectivity index (χ2n) is 3.24. The molecule has 0 bridgehead atoms. The molecule has 1 rings (SSSR count). The van der Waals surface area contributed by atoms with Crippen LogP contribution in [0.3, 0.4) is 0 Å². The van der Waals surface area contributed by atoms with Crippen molar-refractivity contribution in [3.8, 4) is 0 Å². The van der Waals surface area contributed by atoms with Crippen molar-refractivity contribution in [1.29, 1.82) is 0 Å². The Kier molecular flexibility index (Phi) is 4.85. The molecule has 0 saturated heterocycles. The Balaban J connectivity index is 3.04. The smallest absolute Gasteiger partial charge is 0.362 e. The molecule has 1 aromatic carbocycles. The van der Waals surface area contributed by atoms with Crippen molar-refractivity contribution in [2.24, 2.45) is 33.1 Å². The number of benzene rings is 1. The Morgan fingerprint density at radius 3 is 2.22 bits per heavy atom. The van der Waals surface area contributed by atoms with E-state index in [2.05, 4.69) is 20.4 Å². The monoisotopic (exact) mass is 248 g/mol. The van der Waals surface area contributed by atoms with Crippen LogP contribution in [0, 0.1) is 0 Å². The number of hydrazone groups is 2. The number of nitrogens with one attached hydrogen (secondary N) is 2. The van der Waals surface area contributed by atoms with Crippen LogP contribution in [-0.4, -0.2) is 23.8 Å². The molecule has 0 aromatic heterocycles. The van der Waals surface area contributed by atoms with Crippen LogP contribution in [0.5, 0.6) is 0 Å². The lowest BCUT2D eigenvalue weighted by Gasteiger charge is -1.94. The third-order valence-electron chi connectivity index (χ3n) is 1.77. The minimum atomic E-state index is -0.0866. The van der Waals surface area contributed by atoms with E-state index < -0.39 is 0 Å². The van der Waals surface area contributed by atoms with Crippen LogP contribution in [0.1, 0.15) is 5.56 Å². The van der Waals surface area contributed by atoms with E-state index in [4.69, 9.17) is 22.9 Å². The van der Waals surface area contributed by atoms with Gasteiger partial charge in [-0.1, -0.05) is 30.3 Å². The molecule has 0 aliphatic heterocycles. The lowest BCUT2D eigenvalue weighted by molar-refractivity contribution is -0.466. The highest BCUT2D eigenvalue weighted by molar-refractivity contribution is 6.36. The van der Waals surface area contributed by atoms with E-state index in [0.29, 0.717) is 5.71 Å². The molecule has 94 valence electrons. The molecule has 0 aliphatic carbocycles. The van der Waals surface area contributed by atoms with Crippen LogP contribution in [-0.2, 0) is 0 Å². The molecule has 0 saturated carbocycles. The summed E-state index contributed by atoms with van der Waals surface area (Å²) in [5.41, 5.74) is 22.3. The molecule has 0 fully saturated rings. The summed E-state index contributed by atoms with van der Waals surface area (Å²) < 4.78 is 0. The first kappa shape index (κ1) is 13.2. The molecule has 18 heavy (non-hydrogen) atoms. The molecule has 1 aromatic rings. The third-order valence-corrected chi connectivity index (χ3v) is 1.77. The van der Waals surface area contributed by atoms with Crippen LogP contribution in [0.25, 0.3) is 0 Å². The molecular formula is C10H16N8+2. The van der Waals surface area contributed by atoms with Crippen LogP contribution in [0.2, 0.25) is 0 Å². The molecule has 0 atom stereocenters. The number of hydrogen-bond donors (Lipinski definition) is 6.